The van der Waals surface area contributed by atoms with Gasteiger partial charge in [-0.15, -0.1) is 21.0 Å². The number of rotatable bonds is 4. The summed E-state index contributed by atoms with van der Waals surface area (Å²) in [7, 11) is 2.95. The summed E-state index contributed by atoms with van der Waals surface area (Å²) < 4.78 is 1.55. The Balaban J connectivity index is 2.33. The molecule has 1 rings (SSSR count). The first-order valence-electron chi connectivity index (χ1n) is 4.82. The summed E-state index contributed by atoms with van der Waals surface area (Å²) in [5.41, 5.74) is 0. The van der Waals surface area contributed by atoms with E-state index < -0.39 is 0 Å². The predicted molar refractivity (Wildman–Crippen MR) is 72.4 cm³/mol. The molecule has 5 heteroatoms. The van der Waals surface area contributed by atoms with Crippen molar-refractivity contribution < 1.29 is 4.79 Å². The molecule has 0 bridgehead atoms. The second kappa shape index (κ2) is 6.86. The van der Waals surface area contributed by atoms with Gasteiger partial charge in [0.25, 0.3) is 0 Å². The van der Waals surface area contributed by atoms with Crippen molar-refractivity contribution in [2.75, 3.05) is 24.0 Å². The highest BCUT2D eigenvalue weighted by Gasteiger charge is 2.10. The smallest absolute Gasteiger partial charge is 0.220 e. The molecular weight excluding hydrogens is 233 g/mol. The molecule has 82 valence electrons. The topological polar surface area (TPSA) is 29.1 Å². The maximum Gasteiger partial charge on any atom is 0.220 e. The Morgan fingerprint density at radius 1 is 1.71 bits per heavy atom. The van der Waals surface area contributed by atoms with Gasteiger partial charge in [-0.2, -0.15) is 10.5 Å². The Morgan fingerprint density at radius 2 is 2.50 bits per heavy atom. The van der Waals surface area contributed by atoms with E-state index in [2.05, 4.69) is 20.8 Å². The van der Waals surface area contributed by atoms with Gasteiger partial charge in [-0.1, -0.05) is 0 Å². The average molecular weight is 251 g/mol. The Morgan fingerprint density at radius 3 is 3.14 bits per heavy atom. The molecule has 0 saturated heterocycles. The summed E-state index contributed by atoms with van der Waals surface area (Å²) in [5, 5.41) is 2.80. The van der Waals surface area contributed by atoms with Crippen molar-refractivity contribution in [3.05, 3.63) is 0 Å². The molecule has 0 aliphatic carbocycles. The minimum atomic E-state index is 0.177. The van der Waals surface area contributed by atoms with Crippen LogP contribution in [0.25, 0.3) is 0 Å². The van der Waals surface area contributed by atoms with E-state index in [1.807, 2.05) is 11.8 Å². The zero-order valence-electron chi connectivity index (χ0n) is 8.54. The molecule has 0 aromatic heterocycles. The van der Waals surface area contributed by atoms with Gasteiger partial charge in [0, 0.05) is 16.9 Å². The highest BCUT2D eigenvalue weighted by atomic mass is 32.2. The molecule has 0 aromatic rings. The van der Waals surface area contributed by atoms with Crippen LogP contribution in [-0.4, -0.2) is 34.2 Å². The van der Waals surface area contributed by atoms with Gasteiger partial charge in [0.2, 0.25) is 5.91 Å². The van der Waals surface area contributed by atoms with Gasteiger partial charge < -0.3 is 5.32 Å². The zero-order valence-corrected chi connectivity index (χ0v) is 11.3. The average Bonchev–Trinajstić information content (AvgIpc) is 2.17. The van der Waals surface area contributed by atoms with Gasteiger partial charge in [0.1, 0.15) is 0 Å². The molecule has 1 N–H and O–H groups in total. The normalized spacial score (nSPS) is 22.1. The van der Waals surface area contributed by atoms with Crippen molar-refractivity contribution in [2.24, 2.45) is 0 Å². The number of nitrogens with one attached hydrogen (secondary N) is 1. The summed E-state index contributed by atoms with van der Waals surface area (Å²) in [6.07, 6.45) is 5.94. The van der Waals surface area contributed by atoms with Crippen molar-refractivity contribution in [3.63, 3.8) is 0 Å². The first kappa shape index (κ1) is 12.5. The van der Waals surface area contributed by atoms with E-state index in [9.17, 15) is 4.79 Å². The van der Waals surface area contributed by atoms with Gasteiger partial charge in [0.15, 0.2) is 0 Å². The summed E-state index contributed by atoms with van der Waals surface area (Å²) in [4.78, 5) is 11.2. The molecule has 2 atom stereocenters. The van der Waals surface area contributed by atoms with Crippen LogP contribution in [0.4, 0.5) is 0 Å². The lowest BCUT2D eigenvalue weighted by atomic mass is 10.3. The highest BCUT2D eigenvalue weighted by molar-refractivity contribution is 8.34. The number of amides is 1. The molecule has 0 radical (unpaired) electrons. The van der Waals surface area contributed by atoms with Crippen LogP contribution in [0.3, 0.4) is 0 Å². The minimum Gasteiger partial charge on any atom is -0.353 e. The summed E-state index contributed by atoms with van der Waals surface area (Å²) in [6, 6.07) is 0. The van der Waals surface area contributed by atoms with Crippen LogP contribution in [0.2, 0.25) is 0 Å². The standard InChI is InChI=1S/C9H18NOPS2/c1-14-6-2-5-13-9(14)4-3-8(11)10-7-12/h2-7,12H2,1H3,(H,10,11). The van der Waals surface area contributed by atoms with E-state index in [1.165, 1.54) is 17.9 Å². The summed E-state index contributed by atoms with van der Waals surface area (Å²) in [5.74, 6) is 2.75. The molecule has 0 spiro atoms. The third-order valence-corrected chi connectivity index (χ3v) is 6.41. The molecular formula is C9H18NOPS2. The van der Waals surface area contributed by atoms with E-state index >= 15 is 0 Å². The second-order valence-electron chi connectivity index (χ2n) is 3.22. The van der Waals surface area contributed by atoms with Crippen molar-refractivity contribution in [1.82, 2.24) is 5.32 Å². The third kappa shape index (κ3) is 4.33. The SMILES string of the molecule is CS1=C(CCC(=O)NCP)SCCC1. The Labute approximate surface area is 95.1 Å². The van der Waals surface area contributed by atoms with Crippen molar-refractivity contribution in [2.45, 2.75) is 19.3 Å². The number of thioether (sulfide) groups is 1. The van der Waals surface area contributed by atoms with Gasteiger partial charge in [0.05, 0.1) is 0 Å². The number of carbonyl (C=O) groups excluding carboxylic acids is 1. The molecule has 0 fully saturated rings. The van der Waals surface area contributed by atoms with Crippen molar-refractivity contribution in [1.29, 1.82) is 0 Å². The highest BCUT2D eigenvalue weighted by Crippen LogP contribution is 2.28. The van der Waals surface area contributed by atoms with E-state index in [4.69, 9.17) is 0 Å². The first-order valence-corrected chi connectivity index (χ1v) is 8.42. The minimum absolute atomic E-state index is 0.177. The lowest BCUT2D eigenvalue weighted by Gasteiger charge is -2.17. The first-order chi connectivity index (χ1) is 6.74. The van der Waals surface area contributed by atoms with Gasteiger partial charge in [-0.3, -0.25) is 4.79 Å². The maximum atomic E-state index is 11.2. The Bertz CT molecular complexity index is 243. The van der Waals surface area contributed by atoms with Gasteiger partial charge >= 0.3 is 0 Å². The van der Waals surface area contributed by atoms with E-state index in [-0.39, 0.29) is 5.91 Å². The Kier molecular flexibility index (Phi) is 6.15. The molecule has 0 aromatic carbocycles. The monoisotopic (exact) mass is 251 g/mol. The zero-order chi connectivity index (χ0) is 10.4. The van der Waals surface area contributed by atoms with Crippen molar-refractivity contribution >= 4 is 41.6 Å². The fourth-order valence-corrected chi connectivity index (χ4v) is 5.07. The van der Waals surface area contributed by atoms with Crippen LogP contribution in [0.5, 0.6) is 0 Å². The fourth-order valence-electron chi connectivity index (χ4n) is 1.34. The molecule has 1 heterocycles. The van der Waals surface area contributed by atoms with E-state index in [1.54, 1.807) is 4.20 Å². The Hall–Kier alpha value is 0.470. The van der Waals surface area contributed by atoms with E-state index in [0.717, 1.165) is 6.42 Å². The van der Waals surface area contributed by atoms with Gasteiger partial charge in [-0.05, 0) is 30.6 Å². The fraction of sp³-hybridized carbons (Fsp3) is 0.778. The van der Waals surface area contributed by atoms with E-state index in [0.29, 0.717) is 23.2 Å². The number of carbonyl (C=O) groups is 1. The maximum absolute atomic E-state index is 11.2. The van der Waals surface area contributed by atoms with Crippen LogP contribution >= 0.6 is 31.5 Å². The molecule has 2 nitrogen and oxygen atoms in total. The molecule has 0 saturated carbocycles. The van der Waals surface area contributed by atoms with Crippen LogP contribution < -0.4 is 5.32 Å². The molecule has 1 aliphatic rings. The number of hydrogen-bond donors (Lipinski definition) is 1. The van der Waals surface area contributed by atoms with Crippen LogP contribution in [-0.2, 0) is 4.79 Å². The van der Waals surface area contributed by atoms with Crippen molar-refractivity contribution in [3.8, 4) is 0 Å². The molecule has 1 aliphatic heterocycles. The molecule has 14 heavy (non-hydrogen) atoms. The lowest BCUT2D eigenvalue weighted by Crippen LogP contribution is -2.21. The molecule has 2 unspecified atom stereocenters. The van der Waals surface area contributed by atoms with Crippen LogP contribution in [0, 0.1) is 0 Å². The molecule has 1 amide bonds. The summed E-state index contributed by atoms with van der Waals surface area (Å²) >= 11 is 1.98. The predicted octanol–water partition coefficient (Wildman–Crippen LogP) is 1.88. The largest absolute Gasteiger partial charge is 0.353 e. The van der Waals surface area contributed by atoms with Crippen LogP contribution in [0.1, 0.15) is 19.3 Å². The lowest BCUT2D eigenvalue weighted by molar-refractivity contribution is -0.120. The second-order valence-corrected chi connectivity index (χ2v) is 7.25. The third-order valence-electron chi connectivity index (χ3n) is 2.10. The van der Waals surface area contributed by atoms with Gasteiger partial charge in [-0.25, -0.2) is 0 Å². The summed E-state index contributed by atoms with van der Waals surface area (Å²) in [6.45, 7) is 0. The van der Waals surface area contributed by atoms with Crippen LogP contribution in [0.15, 0.2) is 0 Å². The quantitative estimate of drug-likeness (QED) is 0.610. The number of hydrogen-bond acceptors (Lipinski definition) is 2.